The van der Waals surface area contributed by atoms with Gasteiger partial charge in [0.1, 0.15) is 11.5 Å². The number of nitrogens with one attached hydrogen (secondary N) is 1. The van der Waals surface area contributed by atoms with E-state index in [2.05, 4.69) is 29.1 Å². The van der Waals surface area contributed by atoms with Gasteiger partial charge in [0.2, 0.25) is 5.95 Å². The van der Waals surface area contributed by atoms with Gasteiger partial charge in [-0.1, -0.05) is 13.8 Å². The number of hydrogen-bond donors (Lipinski definition) is 2. The summed E-state index contributed by atoms with van der Waals surface area (Å²) < 4.78 is 15.4. The highest BCUT2D eigenvalue weighted by Crippen LogP contribution is 2.33. The molecular weight excluding hydrogens is 389 g/mol. The zero-order valence-corrected chi connectivity index (χ0v) is 17.0. The van der Waals surface area contributed by atoms with Crippen molar-refractivity contribution in [2.45, 2.75) is 26.3 Å². The predicted molar refractivity (Wildman–Crippen MR) is 113 cm³/mol. The van der Waals surface area contributed by atoms with Crippen LogP contribution in [0.2, 0.25) is 0 Å². The summed E-state index contributed by atoms with van der Waals surface area (Å²) in [7, 11) is 0. The second-order valence-corrected chi connectivity index (χ2v) is 8.16. The van der Waals surface area contributed by atoms with E-state index in [-0.39, 0.29) is 18.5 Å². The Labute approximate surface area is 172 Å². The second-order valence-electron chi connectivity index (χ2n) is 7.29. The Morgan fingerprint density at radius 2 is 1.97 bits per heavy atom. The molecule has 150 valence electrons. The monoisotopic (exact) mass is 411 g/mol. The highest BCUT2D eigenvalue weighted by atomic mass is 32.1. The van der Waals surface area contributed by atoms with E-state index in [9.17, 15) is 9.50 Å². The number of aliphatic hydroxyl groups excluding tert-OH is 1. The maximum Gasteiger partial charge on any atom is 0.223 e. The maximum absolute atomic E-state index is 13.4. The number of aromatic nitrogens is 4. The first-order valence-corrected chi connectivity index (χ1v) is 10.4. The number of fused-ring (bicyclic) bond motifs is 1. The van der Waals surface area contributed by atoms with Crippen LogP contribution in [0.5, 0.6) is 0 Å². The summed E-state index contributed by atoms with van der Waals surface area (Å²) in [5.74, 6) is 0.607. The van der Waals surface area contributed by atoms with E-state index in [1.54, 1.807) is 18.3 Å². The molecule has 8 heteroatoms. The molecule has 1 aromatic carbocycles. The van der Waals surface area contributed by atoms with Crippen molar-refractivity contribution in [2.24, 2.45) is 5.92 Å². The normalized spacial score (nSPS) is 12.6. The van der Waals surface area contributed by atoms with Gasteiger partial charge in [-0.25, -0.2) is 19.3 Å². The summed E-state index contributed by atoms with van der Waals surface area (Å²) in [5, 5.41) is 14.8. The van der Waals surface area contributed by atoms with Crippen LogP contribution in [0, 0.1) is 11.7 Å². The van der Waals surface area contributed by atoms with Gasteiger partial charge in [-0.3, -0.25) is 4.40 Å². The summed E-state index contributed by atoms with van der Waals surface area (Å²) in [4.78, 5) is 14.6. The molecule has 2 N–H and O–H groups in total. The minimum Gasteiger partial charge on any atom is -0.394 e. The fraction of sp³-hybridized carbons (Fsp3) is 0.286. The van der Waals surface area contributed by atoms with E-state index in [0.29, 0.717) is 17.6 Å². The molecule has 3 heterocycles. The third kappa shape index (κ3) is 4.13. The second kappa shape index (κ2) is 8.26. The van der Waals surface area contributed by atoms with Gasteiger partial charge < -0.3 is 10.4 Å². The third-order valence-electron chi connectivity index (χ3n) is 4.59. The fourth-order valence-corrected chi connectivity index (χ4v) is 4.04. The summed E-state index contributed by atoms with van der Waals surface area (Å²) in [6.45, 7) is 4.22. The van der Waals surface area contributed by atoms with Gasteiger partial charge >= 0.3 is 0 Å². The number of halogens is 1. The van der Waals surface area contributed by atoms with Gasteiger partial charge in [0, 0.05) is 23.3 Å². The molecule has 1 atom stereocenters. The van der Waals surface area contributed by atoms with Gasteiger partial charge in [0.25, 0.3) is 0 Å². The highest BCUT2D eigenvalue weighted by Gasteiger charge is 2.19. The summed E-state index contributed by atoms with van der Waals surface area (Å²) in [6, 6.07) is 8.00. The molecule has 29 heavy (non-hydrogen) atoms. The maximum atomic E-state index is 13.4. The van der Waals surface area contributed by atoms with Crippen molar-refractivity contribution in [3.05, 3.63) is 53.9 Å². The minimum absolute atomic E-state index is 0.00799. The third-order valence-corrected chi connectivity index (χ3v) is 5.34. The molecule has 4 aromatic rings. The number of nitrogens with zero attached hydrogens (tertiary/aromatic N) is 4. The molecule has 0 aliphatic carbocycles. The first kappa shape index (κ1) is 19.5. The van der Waals surface area contributed by atoms with Crippen molar-refractivity contribution >= 4 is 22.2 Å². The Morgan fingerprint density at radius 3 is 2.69 bits per heavy atom. The van der Waals surface area contributed by atoms with Crippen LogP contribution in [0.25, 0.3) is 27.6 Å². The number of anilines is 1. The molecule has 0 unspecified atom stereocenters. The number of imidazole rings is 1. The number of aliphatic hydroxyl groups is 1. The quantitative estimate of drug-likeness (QED) is 0.469. The summed E-state index contributed by atoms with van der Waals surface area (Å²) >= 11 is 1.53. The van der Waals surface area contributed by atoms with Gasteiger partial charge in [0.05, 0.1) is 24.0 Å². The predicted octanol–water partition coefficient (Wildman–Crippen LogP) is 4.48. The van der Waals surface area contributed by atoms with Crippen LogP contribution in [0.15, 0.2) is 48.1 Å². The Balaban J connectivity index is 1.76. The molecule has 0 saturated heterocycles. The van der Waals surface area contributed by atoms with Crippen LogP contribution in [0.4, 0.5) is 10.3 Å². The molecule has 3 aromatic heterocycles. The van der Waals surface area contributed by atoms with Crippen LogP contribution in [-0.4, -0.2) is 37.1 Å². The van der Waals surface area contributed by atoms with E-state index < -0.39 is 0 Å². The Hall–Kier alpha value is -2.84. The lowest BCUT2D eigenvalue weighted by Crippen LogP contribution is -2.26. The minimum atomic E-state index is -0.287. The molecule has 0 radical (unpaired) electrons. The number of hydrogen-bond acceptors (Lipinski definition) is 6. The van der Waals surface area contributed by atoms with Gasteiger partial charge in [0.15, 0.2) is 4.96 Å². The Kier molecular flexibility index (Phi) is 5.55. The van der Waals surface area contributed by atoms with Crippen molar-refractivity contribution in [1.82, 2.24) is 19.4 Å². The first-order chi connectivity index (χ1) is 14.0. The lowest BCUT2D eigenvalue weighted by Gasteiger charge is -2.18. The van der Waals surface area contributed by atoms with Gasteiger partial charge in [-0.2, -0.15) is 0 Å². The van der Waals surface area contributed by atoms with E-state index in [1.807, 2.05) is 22.0 Å². The lowest BCUT2D eigenvalue weighted by atomic mass is 10.0. The largest absolute Gasteiger partial charge is 0.394 e. The fourth-order valence-electron chi connectivity index (χ4n) is 3.33. The van der Waals surface area contributed by atoms with Gasteiger partial charge in [-0.15, -0.1) is 11.3 Å². The lowest BCUT2D eigenvalue weighted by molar-refractivity contribution is 0.259. The molecule has 0 fully saturated rings. The number of thiazole rings is 1. The molecule has 0 saturated carbocycles. The Morgan fingerprint density at radius 1 is 1.17 bits per heavy atom. The van der Waals surface area contributed by atoms with Crippen molar-refractivity contribution in [3.63, 3.8) is 0 Å². The molecule has 0 bridgehead atoms. The zero-order valence-electron chi connectivity index (χ0n) is 16.2. The topological polar surface area (TPSA) is 75.3 Å². The van der Waals surface area contributed by atoms with Crippen LogP contribution < -0.4 is 5.32 Å². The van der Waals surface area contributed by atoms with Crippen molar-refractivity contribution in [1.29, 1.82) is 0 Å². The smallest absolute Gasteiger partial charge is 0.223 e. The average molecular weight is 412 g/mol. The molecule has 0 spiro atoms. The van der Waals surface area contributed by atoms with Crippen LogP contribution in [-0.2, 0) is 0 Å². The SMILES string of the molecule is CC(C)C[C@H](CO)Nc1nccc(-c2c(-c3ccc(F)cc3)nc3sccn23)n1. The molecule has 0 aliphatic rings. The van der Waals surface area contributed by atoms with E-state index in [0.717, 1.165) is 28.3 Å². The number of rotatable bonds is 7. The van der Waals surface area contributed by atoms with E-state index in [1.165, 1.54) is 23.5 Å². The summed E-state index contributed by atoms with van der Waals surface area (Å²) in [5.41, 5.74) is 3.08. The standard InChI is InChI=1S/C21H22FN5OS/c1-13(2)11-16(12-28)24-20-23-8-7-17(25-20)19-18(14-3-5-15(22)6-4-14)26-21-27(19)9-10-29-21/h3-10,13,16,28H,11-12H2,1-2H3,(H,23,24,25)/t16-/m1/s1. The van der Waals surface area contributed by atoms with Crippen molar-refractivity contribution in [3.8, 4) is 22.6 Å². The molecule has 0 amide bonds. The summed E-state index contributed by atoms with van der Waals surface area (Å²) in [6.07, 6.45) is 4.45. The van der Waals surface area contributed by atoms with Crippen LogP contribution in [0.3, 0.4) is 0 Å². The molecule has 6 nitrogen and oxygen atoms in total. The van der Waals surface area contributed by atoms with Gasteiger partial charge in [-0.05, 0) is 42.7 Å². The number of benzene rings is 1. The average Bonchev–Trinajstić information content (AvgIpc) is 3.29. The van der Waals surface area contributed by atoms with E-state index in [4.69, 9.17) is 4.98 Å². The first-order valence-electron chi connectivity index (χ1n) is 9.47. The van der Waals surface area contributed by atoms with Crippen LogP contribution in [0.1, 0.15) is 20.3 Å². The van der Waals surface area contributed by atoms with E-state index >= 15 is 0 Å². The zero-order chi connectivity index (χ0) is 20.4. The van der Waals surface area contributed by atoms with Crippen molar-refractivity contribution < 1.29 is 9.50 Å². The molecule has 4 rings (SSSR count). The molecule has 0 aliphatic heterocycles. The van der Waals surface area contributed by atoms with Crippen molar-refractivity contribution in [2.75, 3.05) is 11.9 Å². The van der Waals surface area contributed by atoms with Crippen LogP contribution >= 0.6 is 11.3 Å². The Bertz CT molecular complexity index is 1110. The highest BCUT2D eigenvalue weighted by molar-refractivity contribution is 7.15. The molecular formula is C21H22FN5OS.